The summed E-state index contributed by atoms with van der Waals surface area (Å²) in [6.45, 7) is 3.87. The molecule has 5 nitrogen and oxygen atoms in total. The molecule has 0 unspecified atom stereocenters. The lowest BCUT2D eigenvalue weighted by Gasteiger charge is -2.21. The van der Waals surface area contributed by atoms with Gasteiger partial charge in [-0.05, 0) is 30.9 Å². The van der Waals surface area contributed by atoms with Crippen LogP contribution in [0.4, 0.5) is 4.39 Å². The summed E-state index contributed by atoms with van der Waals surface area (Å²) in [7, 11) is -4.08. The smallest absolute Gasteiger partial charge is 0.338 e. The third-order valence-electron chi connectivity index (χ3n) is 3.30. The maximum Gasteiger partial charge on any atom is 0.338 e. The van der Waals surface area contributed by atoms with Crippen LogP contribution in [0.25, 0.3) is 0 Å². The number of hydrogen-bond acceptors (Lipinski definition) is 3. The Morgan fingerprint density at radius 1 is 1.48 bits per heavy atom. The van der Waals surface area contributed by atoms with Crippen molar-refractivity contribution in [3.8, 4) is 0 Å². The second-order valence-electron chi connectivity index (χ2n) is 4.98. The first kappa shape index (κ1) is 15.7. The van der Waals surface area contributed by atoms with Gasteiger partial charge in [-0.3, -0.25) is 0 Å². The molecule has 114 valence electrons. The highest BCUT2D eigenvalue weighted by molar-refractivity contribution is 7.89. The highest BCUT2D eigenvalue weighted by atomic mass is 32.2. The zero-order valence-corrected chi connectivity index (χ0v) is 12.1. The summed E-state index contributed by atoms with van der Waals surface area (Å²) in [5.74, 6) is -2.44. The Kier molecular flexibility index (Phi) is 4.43. The zero-order valence-electron chi connectivity index (χ0n) is 11.3. The van der Waals surface area contributed by atoms with E-state index in [0.29, 0.717) is 6.54 Å². The second-order valence-corrected chi connectivity index (χ2v) is 6.88. The van der Waals surface area contributed by atoms with E-state index in [1.165, 1.54) is 12.1 Å². The lowest BCUT2D eigenvalue weighted by molar-refractivity contribution is 0.0691. The fraction of sp³-hybridized carbons (Fsp3) is 0.357. The summed E-state index contributed by atoms with van der Waals surface area (Å²) in [6.07, 6.45) is 3.32. The molecule has 1 N–H and O–H groups in total. The Morgan fingerprint density at radius 2 is 2.14 bits per heavy atom. The van der Waals surface area contributed by atoms with E-state index in [1.54, 1.807) is 0 Å². The van der Waals surface area contributed by atoms with Crippen molar-refractivity contribution in [2.75, 3.05) is 13.1 Å². The summed E-state index contributed by atoms with van der Waals surface area (Å²) in [5.41, 5.74) is -0.652. The van der Waals surface area contributed by atoms with Gasteiger partial charge in [-0.15, -0.1) is 6.58 Å². The minimum absolute atomic E-state index is 0.0651. The van der Waals surface area contributed by atoms with Crippen LogP contribution in [0, 0.1) is 11.7 Å². The molecule has 0 amide bonds. The van der Waals surface area contributed by atoms with Gasteiger partial charge in [0.25, 0.3) is 0 Å². The van der Waals surface area contributed by atoms with Gasteiger partial charge in [0, 0.05) is 13.1 Å². The first-order valence-corrected chi connectivity index (χ1v) is 7.94. The van der Waals surface area contributed by atoms with Crippen molar-refractivity contribution in [1.82, 2.24) is 4.31 Å². The molecule has 0 saturated heterocycles. The molecule has 0 heterocycles. The molecular weight excluding hydrogens is 297 g/mol. The van der Waals surface area contributed by atoms with E-state index in [0.717, 1.165) is 29.3 Å². The topological polar surface area (TPSA) is 74.7 Å². The SMILES string of the molecule is C=CCN(CC1CC1)S(=O)(=O)c1cccc(C(=O)O)c1F. The molecule has 7 heteroatoms. The number of rotatable bonds is 7. The van der Waals surface area contributed by atoms with Gasteiger partial charge in [0.15, 0.2) is 5.82 Å². The predicted molar refractivity (Wildman–Crippen MR) is 75.0 cm³/mol. The van der Waals surface area contributed by atoms with Crippen molar-refractivity contribution in [2.24, 2.45) is 5.92 Å². The largest absolute Gasteiger partial charge is 0.478 e. The molecule has 2 rings (SSSR count). The number of aromatic carboxylic acids is 1. The van der Waals surface area contributed by atoms with E-state index in [4.69, 9.17) is 5.11 Å². The molecule has 1 saturated carbocycles. The molecule has 0 spiro atoms. The first-order chi connectivity index (χ1) is 9.87. The molecular formula is C14H16FNO4S. The van der Waals surface area contributed by atoms with Gasteiger partial charge in [0.1, 0.15) is 4.90 Å². The Morgan fingerprint density at radius 3 is 2.67 bits per heavy atom. The van der Waals surface area contributed by atoms with E-state index < -0.39 is 32.3 Å². The van der Waals surface area contributed by atoms with Crippen molar-refractivity contribution in [3.63, 3.8) is 0 Å². The molecule has 0 bridgehead atoms. The Balaban J connectivity index is 2.43. The summed E-state index contributed by atoms with van der Waals surface area (Å²) >= 11 is 0. The summed E-state index contributed by atoms with van der Waals surface area (Å²) in [5, 5.41) is 8.89. The number of nitrogens with zero attached hydrogens (tertiary/aromatic N) is 1. The highest BCUT2D eigenvalue weighted by Gasteiger charge is 2.33. The monoisotopic (exact) mass is 313 g/mol. The molecule has 0 aliphatic heterocycles. The minimum Gasteiger partial charge on any atom is -0.478 e. The van der Waals surface area contributed by atoms with Gasteiger partial charge in [0.05, 0.1) is 5.56 Å². The van der Waals surface area contributed by atoms with Crippen LogP contribution in [0.5, 0.6) is 0 Å². The zero-order chi connectivity index (χ0) is 15.6. The number of sulfonamides is 1. The van der Waals surface area contributed by atoms with Gasteiger partial charge in [-0.2, -0.15) is 4.31 Å². The summed E-state index contributed by atoms with van der Waals surface area (Å²) < 4.78 is 40.4. The van der Waals surface area contributed by atoms with Crippen LogP contribution in [-0.2, 0) is 10.0 Å². The van der Waals surface area contributed by atoms with Crippen LogP contribution in [0.15, 0.2) is 35.7 Å². The van der Waals surface area contributed by atoms with Crippen LogP contribution < -0.4 is 0 Å². The predicted octanol–water partition coefficient (Wildman–Crippen LogP) is 2.11. The van der Waals surface area contributed by atoms with Crippen molar-refractivity contribution in [3.05, 3.63) is 42.2 Å². The molecule has 0 aromatic heterocycles. The van der Waals surface area contributed by atoms with Crippen LogP contribution in [-0.4, -0.2) is 36.9 Å². The fourth-order valence-corrected chi connectivity index (χ4v) is 3.59. The third kappa shape index (κ3) is 3.30. The third-order valence-corrected chi connectivity index (χ3v) is 5.15. The Hall–Kier alpha value is -1.73. The maximum absolute atomic E-state index is 14.2. The molecule has 1 fully saturated rings. The average molecular weight is 313 g/mol. The van der Waals surface area contributed by atoms with E-state index in [1.807, 2.05) is 0 Å². The summed E-state index contributed by atoms with van der Waals surface area (Å²) in [6, 6.07) is 3.35. The molecule has 1 aliphatic rings. The lowest BCUT2D eigenvalue weighted by Crippen LogP contribution is -2.34. The van der Waals surface area contributed by atoms with E-state index in [2.05, 4.69) is 6.58 Å². The summed E-state index contributed by atoms with van der Waals surface area (Å²) in [4.78, 5) is 10.3. The van der Waals surface area contributed by atoms with Crippen LogP contribution in [0.2, 0.25) is 0 Å². The number of hydrogen-bond donors (Lipinski definition) is 1. The van der Waals surface area contributed by atoms with Gasteiger partial charge in [-0.25, -0.2) is 17.6 Å². The normalized spacial score (nSPS) is 15.1. The first-order valence-electron chi connectivity index (χ1n) is 6.50. The van der Waals surface area contributed by atoms with Crippen LogP contribution in [0.3, 0.4) is 0 Å². The van der Waals surface area contributed by atoms with Crippen molar-refractivity contribution in [1.29, 1.82) is 0 Å². The molecule has 0 atom stereocenters. The minimum atomic E-state index is -4.08. The van der Waals surface area contributed by atoms with Crippen molar-refractivity contribution in [2.45, 2.75) is 17.7 Å². The van der Waals surface area contributed by atoms with Gasteiger partial charge < -0.3 is 5.11 Å². The number of carboxylic acid groups (broad SMARTS) is 1. The fourth-order valence-electron chi connectivity index (χ4n) is 2.02. The molecule has 21 heavy (non-hydrogen) atoms. The standard InChI is InChI=1S/C14H16FNO4S/c1-2-8-16(9-10-6-7-10)21(19,20)12-5-3-4-11(13(12)15)14(17)18/h2-5,10H,1,6-9H2,(H,17,18). The number of carbonyl (C=O) groups is 1. The number of halogens is 1. The van der Waals surface area contributed by atoms with Gasteiger partial charge in [0.2, 0.25) is 10.0 Å². The van der Waals surface area contributed by atoms with Crippen molar-refractivity contribution < 1.29 is 22.7 Å². The second kappa shape index (κ2) is 5.95. The van der Waals surface area contributed by atoms with E-state index >= 15 is 0 Å². The maximum atomic E-state index is 14.2. The van der Waals surface area contributed by atoms with Gasteiger partial charge >= 0.3 is 5.97 Å². The molecule has 1 aromatic carbocycles. The molecule has 1 aliphatic carbocycles. The van der Waals surface area contributed by atoms with Crippen LogP contribution in [0.1, 0.15) is 23.2 Å². The number of benzene rings is 1. The van der Waals surface area contributed by atoms with Crippen LogP contribution >= 0.6 is 0 Å². The highest BCUT2D eigenvalue weighted by Crippen LogP contribution is 2.32. The average Bonchev–Trinajstić information content (AvgIpc) is 3.22. The number of carboxylic acids is 1. The molecule has 0 radical (unpaired) electrons. The molecule has 1 aromatic rings. The quantitative estimate of drug-likeness (QED) is 0.782. The van der Waals surface area contributed by atoms with Gasteiger partial charge in [-0.1, -0.05) is 12.1 Å². The Bertz CT molecular complexity index is 668. The van der Waals surface area contributed by atoms with E-state index in [-0.39, 0.29) is 12.5 Å². The van der Waals surface area contributed by atoms with Crippen molar-refractivity contribution >= 4 is 16.0 Å². The Labute approximate surface area is 122 Å². The van der Waals surface area contributed by atoms with E-state index in [9.17, 15) is 17.6 Å². The lowest BCUT2D eigenvalue weighted by atomic mass is 10.2.